The number of hydrogen-bond donors (Lipinski definition) is 1. The highest BCUT2D eigenvalue weighted by atomic mass is 32.1. The minimum atomic E-state index is 0.701. The molecule has 0 amide bonds. The Bertz CT molecular complexity index is 503. The smallest absolute Gasteiger partial charge is 0.0974 e. The molecule has 0 spiro atoms. The third kappa shape index (κ3) is 2.93. The van der Waals surface area contributed by atoms with Gasteiger partial charge in [0.1, 0.15) is 0 Å². The summed E-state index contributed by atoms with van der Waals surface area (Å²) in [7, 11) is 0. The Kier molecular flexibility index (Phi) is 3.92. The lowest BCUT2D eigenvalue weighted by Crippen LogP contribution is -2.01. The topological polar surface area (TPSA) is 38.9 Å². The van der Waals surface area contributed by atoms with Crippen molar-refractivity contribution >= 4 is 11.3 Å². The van der Waals surface area contributed by atoms with Crippen LogP contribution in [0.4, 0.5) is 0 Å². The zero-order chi connectivity index (χ0) is 12.3. The van der Waals surface area contributed by atoms with E-state index in [1.54, 1.807) is 11.3 Å². The van der Waals surface area contributed by atoms with E-state index in [-0.39, 0.29) is 0 Å². The average Bonchev–Trinajstić information content (AvgIpc) is 2.63. The van der Waals surface area contributed by atoms with Gasteiger partial charge in [0.15, 0.2) is 0 Å². The molecule has 1 aromatic heterocycles. The van der Waals surface area contributed by atoms with Crippen LogP contribution in [-0.2, 0) is 12.8 Å². The molecular weight excluding hydrogens is 228 g/mol. The Labute approximate surface area is 107 Å². The fraction of sp³-hybridized carbons (Fsp3) is 0.357. The van der Waals surface area contributed by atoms with Gasteiger partial charge in [-0.3, -0.25) is 0 Å². The van der Waals surface area contributed by atoms with Gasteiger partial charge in [-0.2, -0.15) is 0 Å². The van der Waals surface area contributed by atoms with Crippen molar-refractivity contribution in [1.29, 1.82) is 0 Å². The van der Waals surface area contributed by atoms with E-state index in [4.69, 9.17) is 5.73 Å². The van der Waals surface area contributed by atoms with Crippen LogP contribution in [-0.4, -0.2) is 11.5 Å². The van der Waals surface area contributed by atoms with E-state index < -0.39 is 0 Å². The molecule has 2 N–H and O–H groups in total. The maximum Gasteiger partial charge on any atom is 0.0974 e. The third-order valence-electron chi connectivity index (χ3n) is 2.91. The lowest BCUT2D eigenvalue weighted by Gasteiger charge is -2.01. The predicted molar refractivity (Wildman–Crippen MR) is 73.6 cm³/mol. The molecule has 2 nitrogen and oxygen atoms in total. The summed E-state index contributed by atoms with van der Waals surface area (Å²) in [6.45, 7) is 4.92. The van der Waals surface area contributed by atoms with Gasteiger partial charge in [0.2, 0.25) is 0 Å². The standard InChI is InChI=1S/C14H18N2S/c1-10-5-3-4-6-12(10)9-14-16-11(2)13(17-14)7-8-15/h3-6H,7-9,15H2,1-2H3. The molecule has 1 aromatic carbocycles. The molecule has 3 heteroatoms. The van der Waals surface area contributed by atoms with E-state index in [0.717, 1.165) is 18.5 Å². The second-order valence-electron chi connectivity index (χ2n) is 4.26. The summed E-state index contributed by atoms with van der Waals surface area (Å²) in [5.74, 6) is 0. The molecule has 0 radical (unpaired) electrons. The van der Waals surface area contributed by atoms with Gasteiger partial charge in [-0.05, 0) is 37.9 Å². The van der Waals surface area contributed by atoms with Gasteiger partial charge in [0.25, 0.3) is 0 Å². The first-order chi connectivity index (χ1) is 8.20. The molecule has 0 aliphatic rings. The van der Waals surface area contributed by atoms with E-state index in [0.29, 0.717) is 6.54 Å². The summed E-state index contributed by atoms with van der Waals surface area (Å²) in [6.07, 6.45) is 1.88. The number of aromatic nitrogens is 1. The van der Waals surface area contributed by atoms with Gasteiger partial charge in [-0.1, -0.05) is 24.3 Å². The van der Waals surface area contributed by atoms with Gasteiger partial charge in [-0.15, -0.1) is 11.3 Å². The molecular formula is C14H18N2S. The van der Waals surface area contributed by atoms with Crippen LogP contribution in [0.1, 0.15) is 26.7 Å². The lowest BCUT2D eigenvalue weighted by molar-refractivity contribution is 0.966. The van der Waals surface area contributed by atoms with E-state index in [1.807, 2.05) is 0 Å². The van der Waals surface area contributed by atoms with Crippen molar-refractivity contribution in [2.24, 2.45) is 5.73 Å². The number of thiazole rings is 1. The SMILES string of the molecule is Cc1ccccc1Cc1nc(C)c(CCN)s1. The van der Waals surface area contributed by atoms with Crippen LogP contribution in [0.2, 0.25) is 0 Å². The second kappa shape index (κ2) is 5.43. The molecule has 0 saturated heterocycles. The van der Waals surface area contributed by atoms with E-state index in [9.17, 15) is 0 Å². The van der Waals surface area contributed by atoms with Gasteiger partial charge in [-0.25, -0.2) is 4.98 Å². The maximum absolute atomic E-state index is 5.59. The molecule has 2 aromatic rings. The summed E-state index contributed by atoms with van der Waals surface area (Å²) in [5.41, 5.74) is 9.43. The average molecular weight is 246 g/mol. The Balaban J connectivity index is 2.19. The van der Waals surface area contributed by atoms with Gasteiger partial charge in [0, 0.05) is 11.3 Å². The molecule has 0 aliphatic heterocycles. The predicted octanol–water partition coefficient (Wildman–Crippen LogP) is 2.85. The minimum absolute atomic E-state index is 0.701. The fourth-order valence-corrected chi connectivity index (χ4v) is 3.01. The quantitative estimate of drug-likeness (QED) is 0.901. The summed E-state index contributed by atoms with van der Waals surface area (Å²) < 4.78 is 0. The number of benzene rings is 1. The highest BCUT2D eigenvalue weighted by molar-refractivity contribution is 7.11. The third-order valence-corrected chi connectivity index (χ3v) is 4.13. The molecule has 0 saturated carbocycles. The van der Waals surface area contributed by atoms with Crippen molar-refractivity contribution in [3.05, 3.63) is 51.0 Å². The molecule has 0 bridgehead atoms. The summed E-state index contributed by atoms with van der Waals surface area (Å²) in [6, 6.07) is 8.49. The molecule has 0 atom stereocenters. The number of nitrogens with zero attached hydrogens (tertiary/aromatic N) is 1. The molecule has 0 fully saturated rings. The Morgan fingerprint density at radius 1 is 1.24 bits per heavy atom. The van der Waals surface area contributed by atoms with Crippen LogP contribution >= 0.6 is 11.3 Å². The zero-order valence-corrected chi connectivity index (χ0v) is 11.2. The van der Waals surface area contributed by atoms with Crippen LogP contribution in [0.15, 0.2) is 24.3 Å². The van der Waals surface area contributed by atoms with Crippen molar-refractivity contribution in [3.63, 3.8) is 0 Å². The van der Waals surface area contributed by atoms with Crippen molar-refractivity contribution < 1.29 is 0 Å². The van der Waals surface area contributed by atoms with Gasteiger partial charge < -0.3 is 5.73 Å². The highest BCUT2D eigenvalue weighted by Gasteiger charge is 2.08. The molecule has 2 rings (SSSR count). The molecule has 1 heterocycles. The Hall–Kier alpha value is -1.19. The zero-order valence-electron chi connectivity index (χ0n) is 10.4. The first-order valence-corrected chi connectivity index (χ1v) is 6.72. The number of nitrogens with two attached hydrogens (primary N) is 1. The van der Waals surface area contributed by atoms with Crippen LogP contribution in [0.25, 0.3) is 0 Å². The van der Waals surface area contributed by atoms with Crippen LogP contribution in [0, 0.1) is 13.8 Å². The van der Waals surface area contributed by atoms with Crippen LogP contribution in [0.3, 0.4) is 0 Å². The minimum Gasteiger partial charge on any atom is -0.330 e. The molecule has 17 heavy (non-hydrogen) atoms. The van der Waals surface area contributed by atoms with Crippen LogP contribution < -0.4 is 5.73 Å². The molecule has 0 aliphatic carbocycles. The highest BCUT2D eigenvalue weighted by Crippen LogP contribution is 2.22. The van der Waals surface area contributed by atoms with Crippen LogP contribution in [0.5, 0.6) is 0 Å². The second-order valence-corrected chi connectivity index (χ2v) is 5.43. The van der Waals surface area contributed by atoms with Crippen molar-refractivity contribution in [3.8, 4) is 0 Å². The largest absolute Gasteiger partial charge is 0.330 e. The first kappa shape index (κ1) is 12.3. The summed E-state index contributed by atoms with van der Waals surface area (Å²) in [4.78, 5) is 5.96. The van der Waals surface area contributed by atoms with Crippen molar-refractivity contribution in [2.45, 2.75) is 26.7 Å². The normalized spacial score (nSPS) is 10.8. The van der Waals surface area contributed by atoms with Crippen molar-refractivity contribution in [2.75, 3.05) is 6.54 Å². The van der Waals surface area contributed by atoms with Crippen molar-refractivity contribution in [1.82, 2.24) is 4.98 Å². The fourth-order valence-electron chi connectivity index (χ4n) is 1.90. The van der Waals surface area contributed by atoms with E-state index in [1.165, 1.54) is 21.0 Å². The number of aryl methyl sites for hydroxylation is 2. The first-order valence-electron chi connectivity index (χ1n) is 5.90. The maximum atomic E-state index is 5.59. The van der Waals surface area contributed by atoms with E-state index in [2.05, 4.69) is 43.1 Å². The molecule has 0 unspecified atom stereocenters. The molecule has 90 valence electrons. The van der Waals surface area contributed by atoms with Gasteiger partial charge in [0.05, 0.1) is 10.7 Å². The summed E-state index contributed by atoms with van der Waals surface area (Å²) >= 11 is 1.80. The van der Waals surface area contributed by atoms with E-state index >= 15 is 0 Å². The number of hydrogen-bond acceptors (Lipinski definition) is 3. The monoisotopic (exact) mass is 246 g/mol. The number of rotatable bonds is 4. The lowest BCUT2D eigenvalue weighted by atomic mass is 10.1. The summed E-state index contributed by atoms with van der Waals surface area (Å²) in [5, 5.41) is 1.19. The Morgan fingerprint density at radius 3 is 2.71 bits per heavy atom. The Morgan fingerprint density at radius 2 is 2.00 bits per heavy atom. The van der Waals surface area contributed by atoms with Gasteiger partial charge >= 0.3 is 0 Å².